The van der Waals surface area contributed by atoms with Gasteiger partial charge in [0.2, 0.25) is 0 Å². The molecule has 100 valence electrons. The molecule has 0 spiro atoms. The molecule has 1 aliphatic rings. The highest BCUT2D eigenvalue weighted by Crippen LogP contribution is 2.27. The molecule has 4 heteroatoms. The van der Waals surface area contributed by atoms with Crippen molar-refractivity contribution in [1.29, 1.82) is 0 Å². The minimum Gasteiger partial charge on any atom is -0.394 e. The van der Waals surface area contributed by atoms with Gasteiger partial charge in [-0.2, -0.15) is 0 Å². The first-order chi connectivity index (χ1) is 8.70. The Hall–Kier alpha value is -0.280. The maximum absolute atomic E-state index is 9.53. The first-order valence-electron chi connectivity index (χ1n) is 6.52. The topological polar surface area (TPSA) is 32.3 Å². The van der Waals surface area contributed by atoms with Crippen LogP contribution in [0.3, 0.4) is 0 Å². The summed E-state index contributed by atoms with van der Waals surface area (Å²) in [4.78, 5) is 0. The zero-order valence-corrected chi connectivity index (χ0v) is 11.8. The van der Waals surface area contributed by atoms with Crippen LogP contribution < -0.4 is 5.32 Å². The van der Waals surface area contributed by atoms with E-state index in [0.29, 0.717) is 16.1 Å². The van der Waals surface area contributed by atoms with Crippen LogP contribution >= 0.6 is 23.2 Å². The summed E-state index contributed by atoms with van der Waals surface area (Å²) in [6, 6.07) is 5.99. The third-order valence-corrected chi connectivity index (χ3v) is 4.31. The summed E-state index contributed by atoms with van der Waals surface area (Å²) in [5.41, 5.74) is 0.998. The number of benzene rings is 1. The Morgan fingerprint density at radius 3 is 2.50 bits per heavy atom. The lowest BCUT2D eigenvalue weighted by atomic mass is 9.94. The van der Waals surface area contributed by atoms with Crippen molar-refractivity contribution in [1.82, 2.24) is 5.32 Å². The van der Waals surface area contributed by atoms with E-state index in [1.165, 1.54) is 32.1 Å². The molecule has 1 aliphatic carbocycles. The van der Waals surface area contributed by atoms with Crippen molar-refractivity contribution in [2.24, 2.45) is 0 Å². The number of nitrogens with one attached hydrogen (secondary N) is 1. The maximum Gasteiger partial charge on any atom is 0.0626 e. The normalized spacial score (nSPS) is 18.8. The van der Waals surface area contributed by atoms with Crippen LogP contribution in [0.25, 0.3) is 0 Å². The van der Waals surface area contributed by atoms with Crippen LogP contribution in [-0.4, -0.2) is 17.8 Å². The Morgan fingerprint density at radius 1 is 1.17 bits per heavy atom. The fourth-order valence-electron chi connectivity index (χ4n) is 2.54. The molecule has 1 aromatic carbocycles. The Morgan fingerprint density at radius 2 is 1.89 bits per heavy atom. The number of hydrogen-bond donors (Lipinski definition) is 2. The van der Waals surface area contributed by atoms with E-state index in [2.05, 4.69) is 5.32 Å². The molecule has 2 rings (SSSR count). The minimum absolute atomic E-state index is 0.0529. The van der Waals surface area contributed by atoms with Crippen LogP contribution in [0.15, 0.2) is 18.2 Å². The molecular weight excluding hydrogens is 269 g/mol. The monoisotopic (exact) mass is 287 g/mol. The third-order valence-electron chi connectivity index (χ3n) is 3.57. The highest BCUT2D eigenvalue weighted by molar-refractivity contribution is 6.42. The number of halogens is 2. The predicted molar refractivity (Wildman–Crippen MR) is 76.3 cm³/mol. The van der Waals surface area contributed by atoms with Crippen molar-refractivity contribution in [2.45, 2.75) is 44.2 Å². The van der Waals surface area contributed by atoms with E-state index in [1.807, 2.05) is 12.1 Å². The Kier molecular flexibility index (Phi) is 5.31. The quantitative estimate of drug-likeness (QED) is 0.879. The number of aliphatic hydroxyl groups is 1. The van der Waals surface area contributed by atoms with Crippen molar-refractivity contribution >= 4 is 23.2 Å². The molecule has 0 bridgehead atoms. The molecule has 0 amide bonds. The summed E-state index contributed by atoms with van der Waals surface area (Å²) in [5.74, 6) is 0. The lowest BCUT2D eigenvalue weighted by Crippen LogP contribution is -2.36. The van der Waals surface area contributed by atoms with E-state index in [1.54, 1.807) is 6.07 Å². The van der Waals surface area contributed by atoms with E-state index in [9.17, 15) is 5.11 Å². The first kappa shape index (κ1) is 14.1. The Labute approximate surface area is 118 Å². The van der Waals surface area contributed by atoms with Gasteiger partial charge in [0, 0.05) is 6.04 Å². The average molecular weight is 288 g/mol. The second kappa shape index (κ2) is 6.76. The lowest BCUT2D eigenvalue weighted by molar-refractivity contribution is 0.220. The SMILES string of the molecule is OCC(NC1CCCCC1)c1ccc(Cl)c(Cl)c1. The maximum atomic E-state index is 9.53. The van der Waals surface area contributed by atoms with Crippen LogP contribution in [0.1, 0.15) is 43.7 Å². The van der Waals surface area contributed by atoms with Crippen molar-refractivity contribution in [3.8, 4) is 0 Å². The van der Waals surface area contributed by atoms with Gasteiger partial charge in [-0.25, -0.2) is 0 Å². The standard InChI is InChI=1S/C14H19Cl2NO/c15-12-7-6-10(8-13(12)16)14(9-18)17-11-4-2-1-3-5-11/h6-8,11,14,17-18H,1-5,9H2. The summed E-state index contributed by atoms with van der Waals surface area (Å²) in [6.45, 7) is 0.0778. The summed E-state index contributed by atoms with van der Waals surface area (Å²) < 4.78 is 0. The lowest BCUT2D eigenvalue weighted by Gasteiger charge is -2.28. The zero-order valence-electron chi connectivity index (χ0n) is 10.3. The summed E-state index contributed by atoms with van der Waals surface area (Å²) in [7, 11) is 0. The van der Waals surface area contributed by atoms with Gasteiger partial charge < -0.3 is 10.4 Å². The smallest absolute Gasteiger partial charge is 0.0626 e. The average Bonchev–Trinajstić information content (AvgIpc) is 2.40. The molecule has 1 atom stereocenters. The van der Waals surface area contributed by atoms with Gasteiger partial charge >= 0.3 is 0 Å². The summed E-state index contributed by atoms with van der Waals surface area (Å²) >= 11 is 11.9. The number of rotatable bonds is 4. The predicted octanol–water partition coefficient (Wildman–Crippen LogP) is 3.95. The Balaban J connectivity index is 2.04. The van der Waals surface area contributed by atoms with Crippen molar-refractivity contribution in [3.05, 3.63) is 33.8 Å². The first-order valence-corrected chi connectivity index (χ1v) is 7.28. The highest BCUT2D eigenvalue weighted by Gasteiger charge is 2.19. The van der Waals surface area contributed by atoms with Crippen LogP contribution in [-0.2, 0) is 0 Å². The molecule has 0 heterocycles. The van der Waals surface area contributed by atoms with Crippen LogP contribution in [0.4, 0.5) is 0 Å². The Bertz CT molecular complexity index is 391. The van der Waals surface area contributed by atoms with Crippen molar-refractivity contribution in [3.63, 3.8) is 0 Å². The molecule has 1 aromatic rings. The van der Waals surface area contributed by atoms with Crippen LogP contribution in [0.2, 0.25) is 10.0 Å². The van der Waals surface area contributed by atoms with E-state index < -0.39 is 0 Å². The van der Waals surface area contributed by atoms with Gasteiger partial charge in [0.05, 0.1) is 22.7 Å². The van der Waals surface area contributed by atoms with Crippen molar-refractivity contribution in [2.75, 3.05) is 6.61 Å². The molecule has 18 heavy (non-hydrogen) atoms. The minimum atomic E-state index is -0.0529. The molecule has 2 N–H and O–H groups in total. The van der Waals surface area contributed by atoms with E-state index in [-0.39, 0.29) is 12.6 Å². The summed E-state index contributed by atoms with van der Waals surface area (Å²) in [5, 5.41) is 14.1. The van der Waals surface area contributed by atoms with E-state index >= 15 is 0 Å². The molecule has 0 aliphatic heterocycles. The number of hydrogen-bond acceptors (Lipinski definition) is 2. The fourth-order valence-corrected chi connectivity index (χ4v) is 2.84. The van der Waals surface area contributed by atoms with Gasteiger partial charge in [-0.3, -0.25) is 0 Å². The number of aliphatic hydroxyl groups excluding tert-OH is 1. The van der Waals surface area contributed by atoms with Crippen LogP contribution in [0, 0.1) is 0 Å². The van der Waals surface area contributed by atoms with Gasteiger partial charge in [-0.05, 0) is 30.5 Å². The summed E-state index contributed by atoms with van der Waals surface area (Å²) in [6.07, 6.45) is 6.26. The van der Waals surface area contributed by atoms with Gasteiger partial charge in [-0.15, -0.1) is 0 Å². The van der Waals surface area contributed by atoms with Gasteiger partial charge in [0.15, 0.2) is 0 Å². The van der Waals surface area contributed by atoms with E-state index in [4.69, 9.17) is 23.2 Å². The molecule has 0 aromatic heterocycles. The molecule has 2 nitrogen and oxygen atoms in total. The third kappa shape index (κ3) is 3.61. The molecule has 1 saturated carbocycles. The molecular formula is C14H19Cl2NO. The van der Waals surface area contributed by atoms with Gasteiger partial charge in [0.1, 0.15) is 0 Å². The van der Waals surface area contributed by atoms with E-state index in [0.717, 1.165) is 5.56 Å². The van der Waals surface area contributed by atoms with Gasteiger partial charge in [0.25, 0.3) is 0 Å². The second-order valence-electron chi connectivity index (χ2n) is 4.91. The fraction of sp³-hybridized carbons (Fsp3) is 0.571. The largest absolute Gasteiger partial charge is 0.394 e. The van der Waals surface area contributed by atoms with Crippen molar-refractivity contribution < 1.29 is 5.11 Å². The van der Waals surface area contributed by atoms with Crippen LogP contribution in [0.5, 0.6) is 0 Å². The molecule has 0 radical (unpaired) electrons. The highest BCUT2D eigenvalue weighted by atomic mass is 35.5. The zero-order chi connectivity index (χ0) is 13.0. The molecule has 1 fully saturated rings. The molecule has 0 saturated heterocycles. The molecule has 1 unspecified atom stereocenters. The second-order valence-corrected chi connectivity index (χ2v) is 5.72. The van der Waals surface area contributed by atoms with Gasteiger partial charge in [-0.1, -0.05) is 48.5 Å².